The summed E-state index contributed by atoms with van der Waals surface area (Å²) in [5.74, 6) is 0.204. The van der Waals surface area contributed by atoms with E-state index in [4.69, 9.17) is 23.2 Å². The Morgan fingerprint density at radius 1 is 1.39 bits per heavy atom. The Bertz CT molecular complexity index is 497. The van der Waals surface area contributed by atoms with Gasteiger partial charge in [-0.1, -0.05) is 42.3 Å². The SMILES string of the molecule is CCN1CCC(=O)/C(=C/c2cccc(Cl)c2Cl)C1. The van der Waals surface area contributed by atoms with Crippen molar-refractivity contribution in [3.05, 3.63) is 39.4 Å². The summed E-state index contributed by atoms with van der Waals surface area (Å²) in [7, 11) is 0. The first kappa shape index (κ1) is 13.6. The predicted octanol–water partition coefficient (Wildman–Crippen LogP) is 3.67. The highest BCUT2D eigenvalue weighted by molar-refractivity contribution is 6.42. The summed E-state index contributed by atoms with van der Waals surface area (Å²) in [5.41, 5.74) is 1.62. The molecule has 1 aliphatic heterocycles. The van der Waals surface area contributed by atoms with Crippen LogP contribution in [-0.4, -0.2) is 30.3 Å². The highest BCUT2D eigenvalue weighted by Gasteiger charge is 2.20. The van der Waals surface area contributed by atoms with Crippen molar-refractivity contribution >= 4 is 35.1 Å². The van der Waals surface area contributed by atoms with Gasteiger partial charge in [0.05, 0.1) is 10.0 Å². The average molecular weight is 284 g/mol. The lowest BCUT2D eigenvalue weighted by Crippen LogP contribution is -2.35. The smallest absolute Gasteiger partial charge is 0.161 e. The Labute approximate surface area is 117 Å². The Kier molecular flexibility index (Phi) is 4.44. The quantitative estimate of drug-likeness (QED) is 0.772. The van der Waals surface area contributed by atoms with Crippen molar-refractivity contribution in [1.29, 1.82) is 0 Å². The standard InChI is InChI=1S/C14H15Cl2NO/c1-2-17-7-6-13(18)11(9-17)8-10-4-3-5-12(15)14(10)16/h3-5,8H,2,6-7,9H2,1H3/b11-8+. The van der Waals surface area contributed by atoms with Crippen LogP contribution in [0, 0.1) is 0 Å². The van der Waals surface area contributed by atoms with E-state index in [9.17, 15) is 4.79 Å². The van der Waals surface area contributed by atoms with Crippen LogP contribution in [0.2, 0.25) is 10.0 Å². The summed E-state index contributed by atoms with van der Waals surface area (Å²) in [6.07, 6.45) is 2.44. The van der Waals surface area contributed by atoms with Crippen molar-refractivity contribution in [3.63, 3.8) is 0 Å². The minimum atomic E-state index is 0.204. The minimum absolute atomic E-state index is 0.204. The first-order valence-corrected chi connectivity index (χ1v) is 6.77. The van der Waals surface area contributed by atoms with Crippen LogP contribution in [0.4, 0.5) is 0 Å². The molecule has 0 aliphatic carbocycles. The lowest BCUT2D eigenvalue weighted by Gasteiger charge is -2.26. The number of benzene rings is 1. The molecule has 0 unspecified atom stereocenters. The maximum absolute atomic E-state index is 11.9. The fraction of sp³-hybridized carbons (Fsp3) is 0.357. The van der Waals surface area contributed by atoms with E-state index >= 15 is 0 Å². The number of hydrogen-bond acceptors (Lipinski definition) is 2. The number of hydrogen-bond donors (Lipinski definition) is 0. The Morgan fingerprint density at radius 3 is 2.89 bits per heavy atom. The second-order valence-electron chi connectivity index (χ2n) is 4.35. The molecule has 0 amide bonds. The summed E-state index contributed by atoms with van der Waals surface area (Å²) in [6, 6.07) is 5.46. The van der Waals surface area contributed by atoms with Crippen molar-refractivity contribution in [2.24, 2.45) is 0 Å². The van der Waals surface area contributed by atoms with Gasteiger partial charge in [0.1, 0.15) is 0 Å². The minimum Gasteiger partial charge on any atom is -0.299 e. The number of carbonyl (C=O) groups excluding carboxylic acids is 1. The van der Waals surface area contributed by atoms with Gasteiger partial charge in [0.15, 0.2) is 5.78 Å². The van der Waals surface area contributed by atoms with Crippen LogP contribution in [-0.2, 0) is 4.79 Å². The van der Waals surface area contributed by atoms with Crippen molar-refractivity contribution in [2.45, 2.75) is 13.3 Å². The third-order valence-corrected chi connectivity index (χ3v) is 4.00. The summed E-state index contributed by atoms with van der Waals surface area (Å²) < 4.78 is 0. The summed E-state index contributed by atoms with van der Waals surface area (Å²) in [4.78, 5) is 14.1. The van der Waals surface area contributed by atoms with Gasteiger partial charge in [0.25, 0.3) is 0 Å². The largest absolute Gasteiger partial charge is 0.299 e. The van der Waals surface area contributed by atoms with E-state index in [0.29, 0.717) is 23.0 Å². The van der Waals surface area contributed by atoms with Crippen LogP contribution in [0.15, 0.2) is 23.8 Å². The molecule has 0 saturated carbocycles. The third kappa shape index (κ3) is 2.94. The zero-order valence-electron chi connectivity index (χ0n) is 10.2. The number of nitrogens with zero attached hydrogens (tertiary/aromatic N) is 1. The van der Waals surface area contributed by atoms with Gasteiger partial charge in [-0.3, -0.25) is 9.69 Å². The molecule has 96 valence electrons. The molecule has 1 aromatic rings. The van der Waals surface area contributed by atoms with Crippen LogP contribution >= 0.6 is 23.2 Å². The molecule has 1 aromatic carbocycles. The molecule has 2 nitrogen and oxygen atoms in total. The zero-order chi connectivity index (χ0) is 13.1. The number of halogens is 2. The number of ketones is 1. The van der Waals surface area contributed by atoms with E-state index in [1.807, 2.05) is 18.2 Å². The second-order valence-corrected chi connectivity index (χ2v) is 5.14. The normalized spacial score (nSPS) is 19.5. The van der Waals surface area contributed by atoms with Crippen molar-refractivity contribution < 1.29 is 4.79 Å². The predicted molar refractivity (Wildman–Crippen MR) is 76.2 cm³/mol. The summed E-state index contributed by atoms with van der Waals surface area (Å²) >= 11 is 12.1. The number of likely N-dealkylation sites (tertiary alicyclic amines) is 1. The van der Waals surface area contributed by atoms with E-state index in [2.05, 4.69) is 11.8 Å². The van der Waals surface area contributed by atoms with E-state index in [1.165, 1.54) is 0 Å². The van der Waals surface area contributed by atoms with Gasteiger partial charge in [0.2, 0.25) is 0 Å². The first-order valence-electron chi connectivity index (χ1n) is 6.02. The lowest BCUT2D eigenvalue weighted by molar-refractivity contribution is -0.117. The maximum Gasteiger partial charge on any atom is 0.161 e. The van der Waals surface area contributed by atoms with Gasteiger partial charge in [-0.2, -0.15) is 0 Å². The monoisotopic (exact) mass is 283 g/mol. The number of Topliss-reactive ketones (excluding diaryl/α,β-unsaturated/α-hetero) is 1. The maximum atomic E-state index is 11.9. The lowest BCUT2D eigenvalue weighted by atomic mass is 10.0. The number of carbonyl (C=O) groups is 1. The highest BCUT2D eigenvalue weighted by atomic mass is 35.5. The van der Waals surface area contributed by atoms with Gasteiger partial charge in [-0.15, -0.1) is 0 Å². The van der Waals surface area contributed by atoms with E-state index in [-0.39, 0.29) is 5.78 Å². The van der Waals surface area contributed by atoms with Gasteiger partial charge in [-0.25, -0.2) is 0 Å². The number of rotatable bonds is 2. The Balaban J connectivity index is 2.31. The first-order chi connectivity index (χ1) is 8.61. The van der Waals surface area contributed by atoms with Crippen LogP contribution in [0.25, 0.3) is 6.08 Å². The molecule has 4 heteroatoms. The van der Waals surface area contributed by atoms with E-state index in [1.54, 1.807) is 6.07 Å². The molecule has 1 fully saturated rings. The Hall–Kier alpha value is -0.830. The van der Waals surface area contributed by atoms with Crippen molar-refractivity contribution in [2.75, 3.05) is 19.6 Å². The topological polar surface area (TPSA) is 20.3 Å². The van der Waals surface area contributed by atoms with Gasteiger partial charge in [-0.05, 0) is 24.3 Å². The Morgan fingerprint density at radius 2 is 2.17 bits per heavy atom. The van der Waals surface area contributed by atoms with Crippen molar-refractivity contribution in [1.82, 2.24) is 4.90 Å². The molecular weight excluding hydrogens is 269 g/mol. The molecule has 1 saturated heterocycles. The van der Waals surface area contributed by atoms with E-state index < -0.39 is 0 Å². The number of likely N-dealkylation sites (N-methyl/N-ethyl adjacent to an activating group) is 1. The van der Waals surface area contributed by atoms with Crippen LogP contribution in [0.5, 0.6) is 0 Å². The summed E-state index contributed by atoms with van der Waals surface area (Å²) in [6.45, 7) is 4.59. The van der Waals surface area contributed by atoms with Crippen LogP contribution < -0.4 is 0 Å². The zero-order valence-corrected chi connectivity index (χ0v) is 11.8. The molecule has 0 spiro atoms. The van der Waals surface area contributed by atoms with Crippen LogP contribution in [0.3, 0.4) is 0 Å². The van der Waals surface area contributed by atoms with Gasteiger partial charge >= 0.3 is 0 Å². The van der Waals surface area contributed by atoms with Gasteiger partial charge < -0.3 is 0 Å². The molecule has 0 bridgehead atoms. The summed E-state index contributed by atoms with van der Waals surface area (Å²) in [5, 5.41) is 1.02. The molecule has 0 atom stereocenters. The van der Waals surface area contributed by atoms with E-state index in [0.717, 1.165) is 24.2 Å². The third-order valence-electron chi connectivity index (χ3n) is 3.17. The fourth-order valence-corrected chi connectivity index (χ4v) is 2.41. The molecule has 0 aromatic heterocycles. The molecule has 1 aliphatic rings. The second kappa shape index (κ2) is 5.87. The molecule has 1 heterocycles. The van der Waals surface area contributed by atoms with Crippen LogP contribution in [0.1, 0.15) is 18.9 Å². The molecule has 0 radical (unpaired) electrons. The molecular formula is C14H15Cl2NO. The average Bonchev–Trinajstić information content (AvgIpc) is 2.37. The number of piperidine rings is 1. The fourth-order valence-electron chi connectivity index (χ4n) is 2.04. The van der Waals surface area contributed by atoms with Gasteiger partial charge in [0, 0.05) is 25.1 Å². The molecule has 0 N–H and O–H groups in total. The highest BCUT2D eigenvalue weighted by Crippen LogP contribution is 2.28. The molecule has 18 heavy (non-hydrogen) atoms. The van der Waals surface area contributed by atoms with Crippen molar-refractivity contribution in [3.8, 4) is 0 Å². The molecule has 2 rings (SSSR count).